The van der Waals surface area contributed by atoms with Crippen molar-refractivity contribution in [1.29, 1.82) is 0 Å². The van der Waals surface area contributed by atoms with E-state index in [2.05, 4.69) is 21.1 Å². The van der Waals surface area contributed by atoms with E-state index in [1.54, 1.807) is 6.07 Å². The van der Waals surface area contributed by atoms with Crippen molar-refractivity contribution in [2.45, 2.75) is 64.8 Å². The number of benzene rings is 3. The average molecular weight is 666 g/mol. The van der Waals surface area contributed by atoms with Gasteiger partial charge in [0.2, 0.25) is 6.79 Å². The van der Waals surface area contributed by atoms with Crippen molar-refractivity contribution in [3.63, 3.8) is 0 Å². The van der Waals surface area contributed by atoms with Crippen LogP contribution in [0.15, 0.2) is 96.3 Å². The van der Waals surface area contributed by atoms with Gasteiger partial charge in [0.25, 0.3) is 0 Å². The van der Waals surface area contributed by atoms with Gasteiger partial charge in [-0.3, -0.25) is 4.90 Å². The average Bonchev–Trinajstić information content (AvgIpc) is 3.68. The largest absolute Gasteiger partial charge is 0.460 e. The molecular weight excluding hydrogens is 629 g/mol. The summed E-state index contributed by atoms with van der Waals surface area (Å²) >= 11 is 0. The number of aromatic nitrogens is 2. The molecule has 0 atom stereocenters. The molecule has 1 aromatic heterocycles. The maximum Gasteiger partial charge on any atom is 0.460 e. The van der Waals surface area contributed by atoms with Gasteiger partial charge >= 0.3 is 12.5 Å². The summed E-state index contributed by atoms with van der Waals surface area (Å²) in [7, 11) is 0. The van der Waals surface area contributed by atoms with Gasteiger partial charge in [0.1, 0.15) is 17.4 Å². The van der Waals surface area contributed by atoms with Crippen molar-refractivity contribution in [2.75, 3.05) is 13.3 Å². The minimum absolute atomic E-state index is 0.0852. The number of ether oxygens (including phenoxy) is 3. The van der Waals surface area contributed by atoms with Gasteiger partial charge in [0, 0.05) is 43.7 Å². The van der Waals surface area contributed by atoms with Crippen LogP contribution in [0.4, 0.5) is 22.0 Å². The molecule has 6 nitrogen and oxygen atoms in total. The molecule has 0 fully saturated rings. The van der Waals surface area contributed by atoms with Gasteiger partial charge in [0.05, 0.1) is 11.4 Å². The van der Waals surface area contributed by atoms with Crippen LogP contribution in [0.25, 0.3) is 22.6 Å². The highest BCUT2D eigenvalue weighted by Gasteiger charge is 2.44. The lowest BCUT2D eigenvalue weighted by Crippen LogP contribution is -2.30. The minimum atomic E-state index is -4.58. The predicted octanol–water partition coefficient (Wildman–Crippen LogP) is 9.37. The molecule has 4 aromatic rings. The zero-order chi connectivity index (χ0) is 33.7. The Morgan fingerprint density at radius 3 is 2.50 bits per heavy atom. The Hall–Kier alpha value is -4.64. The smallest absolute Gasteiger partial charge is 0.454 e. The van der Waals surface area contributed by atoms with Gasteiger partial charge < -0.3 is 18.8 Å². The van der Waals surface area contributed by atoms with Crippen LogP contribution < -0.4 is 9.47 Å². The molecule has 0 radical (unpaired) electrons. The second-order valence-corrected chi connectivity index (χ2v) is 11.8. The Balaban J connectivity index is 1.41. The Kier molecular flexibility index (Phi) is 10.1. The Labute approximate surface area is 276 Å². The SMILES string of the molecule is CCCCn1c(-c2ccccc2)nc(-c2cccc(F)c2)c1CN(CC1=CCCC(OC(F)(F)C(F)F)=C1)Cc1ccc2c(c1)OCO2. The van der Waals surface area contributed by atoms with E-state index in [-0.39, 0.29) is 31.3 Å². The van der Waals surface area contributed by atoms with E-state index in [0.717, 1.165) is 35.5 Å². The number of halogens is 5. The molecule has 2 aliphatic rings. The summed E-state index contributed by atoms with van der Waals surface area (Å²) in [6, 6.07) is 21.8. The van der Waals surface area contributed by atoms with Crippen molar-refractivity contribution < 1.29 is 36.2 Å². The van der Waals surface area contributed by atoms with E-state index in [0.29, 0.717) is 54.4 Å². The van der Waals surface area contributed by atoms with Gasteiger partial charge in [-0.1, -0.05) is 68.0 Å². The number of rotatable bonds is 14. The summed E-state index contributed by atoms with van der Waals surface area (Å²) in [6.45, 7) is 3.94. The zero-order valence-corrected chi connectivity index (χ0v) is 26.5. The molecular formula is C37H36F5N3O3. The summed E-state index contributed by atoms with van der Waals surface area (Å²) in [5.74, 6) is 1.44. The van der Waals surface area contributed by atoms with E-state index >= 15 is 0 Å². The molecule has 48 heavy (non-hydrogen) atoms. The van der Waals surface area contributed by atoms with Crippen LogP contribution >= 0.6 is 0 Å². The fraction of sp³-hybridized carbons (Fsp3) is 0.324. The first-order valence-electron chi connectivity index (χ1n) is 16.0. The molecule has 252 valence electrons. The topological polar surface area (TPSA) is 48.8 Å². The second kappa shape index (κ2) is 14.6. The zero-order valence-electron chi connectivity index (χ0n) is 26.5. The summed E-state index contributed by atoms with van der Waals surface area (Å²) in [6.07, 6.45) is -2.95. The van der Waals surface area contributed by atoms with Crippen LogP contribution in [0, 0.1) is 5.82 Å². The molecule has 1 aliphatic carbocycles. The Morgan fingerprint density at radius 1 is 0.938 bits per heavy atom. The van der Waals surface area contributed by atoms with Crippen molar-refractivity contribution >= 4 is 0 Å². The third-order valence-electron chi connectivity index (χ3n) is 8.23. The van der Waals surface area contributed by atoms with Crippen molar-refractivity contribution in [1.82, 2.24) is 14.5 Å². The van der Waals surface area contributed by atoms with Crippen LogP contribution in [0.1, 0.15) is 43.9 Å². The summed E-state index contributed by atoms with van der Waals surface area (Å²) in [4.78, 5) is 7.22. The van der Waals surface area contributed by atoms with Gasteiger partial charge in [0.15, 0.2) is 11.5 Å². The van der Waals surface area contributed by atoms with Crippen molar-refractivity contribution in [3.8, 4) is 34.1 Å². The van der Waals surface area contributed by atoms with E-state index in [9.17, 15) is 22.0 Å². The first-order valence-corrected chi connectivity index (χ1v) is 16.0. The molecule has 0 spiro atoms. The number of unbranched alkanes of at least 4 members (excludes halogenated alkanes) is 1. The maximum atomic E-state index is 14.6. The van der Waals surface area contributed by atoms with Gasteiger partial charge in [-0.05, 0) is 54.3 Å². The van der Waals surface area contributed by atoms with Crippen LogP contribution in [0.5, 0.6) is 11.5 Å². The Morgan fingerprint density at radius 2 is 1.73 bits per heavy atom. The molecule has 3 aromatic carbocycles. The number of alkyl halides is 4. The fourth-order valence-electron chi connectivity index (χ4n) is 5.96. The fourth-order valence-corrected chi connectivity index (χ4v) is 5.96. The molecule has 6 rings (SSSR count). The monoisotopic (exact) mass is 665 g/mol. The van der Waals surface area contributed by atoms with Crippen molar-refractivity contribution in [2.24, 2.45) is 0 Å². The molecule has 0 amide bonds. The van der Waals surface area contributed by atoms with Crippen LogP contribution in [-0.4, -0.2) is 40.3 Å². The number of hydrogen-bond acceptors (Lipinski definition) is 5. The number of imidazole rings is 1. The standard InChI is InChI=1S/C37H36F5N3O3/c1-2-3-17-45-31(34(28-12-8-13-29(38)20-28)43-35(45)27-10-5-4-6-11-27)23-44(22-26-15-16-32-33(19-26)47-24-46-32)21-25-9-7-14-30(18-25)48-37(41,42)36(39)40/h4-6,8-13,15-16,18-20,36H,2-3,7,14,17,21-24H2,1H3. The highest BCUT2D eigenvalue weighted by molar-refractivity contribution is 5.68. The second-order valence-electron chi connectivity index (χ2n) is 11.8. The summed E-state index contributed by atoms with van der Waals surface area (Å²) < 4.78 is 85.9. The molecule has 0 bridgehead atoms. The number of fused-ring (bicyclic) bond motifs is 1. The molecule has 1 aliphatic heterocycles. The highest BCUT2D eigenvalue weighted by Crippen LogP contribution is 2.36. The van der Waals surface area contributed by atoms with Crippen LogP contribution in [0.2, 0.25) is 0 Å². The highest BCUT2D eigenvalue weighted by atomic mass is 19.3. The van der Waals surface area contributed by atoms with E-state index in [4.69, 9.17) is 14.5 Å². The van der Waals surface area contributed by atoms with Crippen molar-refractivity contribution in [3.05, 3.63) is 113 Å². The van der Waals surface area contributed by atoms with E-state index in [1.165, 1.54) is 18.2 Å². The van der Waals surface area contributed by atoms with Gasteiger partial charge in [-0.25, -0.2) is 9.37 Å². The number of allylic oxidation sites excluding steroid dienone is 2. The lowest BCUT2D eigenvalue weighted by Gasteiger charge is -2.27. The minimum Gasteiger partial charge on any atom is -0.454 e. The first kappa shape index (κ1) is 33.3. The third kappa shape index (κ3) is 7.73. The van der Waals surface area contributed by atoms with Crippen LogP contribution in [-0.2, 0) is 24.4 Å². The summed E-state index contributed by atoms with van der Waals surface area (Å²) in [5.41, 5.74) is 4.60. The summed E-state index contributed by atoms with van der Waals surface area (Å²) in [5, 5.41) is 0. The molecule has 11 heteroatoms. The molecule has 2 heterocycles. The lowest BCUT2D eigenvalue weighted by molar-refractivity contribution is -0.283. The van der Waals surface area contributed by atoms with Gasteiger partial charge in [-0.15, -0.1) is 0 Å². The van der Waals surface area contributed by atoms with Crippen LogP contribution in [0.3, 0.4) is 0 Å². The normalized spacial score (nSPS) is 14.4. The quantitative estimate of drug-likeness (QED) is 0.126. The van der Waals surface area contributed by atoms with E-state index < -0.39 is 12.5 Å². The third-order valence-corrected chi connectivity index (χ3v) is 8.23. The molecule has 0 N–H and O–H groups in total. The lowest BCUT2D eigenvalue weighted by atomic mass is 10.0. The Bertz CT molecular complexity index is 1790. The first-order chi connectivity index (χ1) is 23.2. The predicted molar refractivity (Wildman–Crippen MR) is 172 cm³/mol. The maximum absolute atomic E-state index is 14.6. The molecule has 0 saturated carbocycles. The van der Waals surface area contributed by atoms with E-state index in [1.807, 2.05) is 60.7 Å². The van der Waals surface area contributed by atoms with Gasteiger partial charge in [-0.2, -0.15) is 17.6 Å². The number of nitrogens with zero attached hydrogens (tertiary/aromatic N) is 3. The number of hydrogen-bond donors (Lipinski definition) is 0. The molecule has 0 unspecified atom stereocenters. The molecule has 0 saturated heterocycles.